The van der Waals surface area contributed by atoms with Crippen molar-refractivity contribution in [1.29, 1.82) is 0 Å². The molecule has 0 bridgehead atoms. The van der Waals surface area contributed by atoms with E-state index in [2.05, 4.69) is 31.2 Å². The molecule has 1 aliphatic carbocycles. The Hall–Kier alpha value is -1.69. The first kappa shape index (κ1) is 13.3. The molecule has 1 aliphatic rings. The van der Waals surface area contributed by atoms with Crippen LogP contribution in [0.4, 0.5) is 10.1 Å². The molecule has 1 heterocycles. The fourth-order valence-electron chi connectivity index (χ4n) is 2.45. The van der Waals surface area contributed by atoms with Crippen LogP contribution in [0.1, 0.15) is 17.8 Å². The Morgan fingerprint density at radius 2 is 2.35 bits per heavy atom. The van der Waals surface area contributed by atoms with Gasteiger partial charge in [0.15, 0.2) is 0 Å². The van der Waals surface area contributed by atoms with Crippen LogP contribution in [0, 0.1) is 11.7 Å². The normalized spacial score (nSPS) is 17.6. The number of hydrogen-bond acceptors (Lipinski definition) is 2. The largest absolute Gasteiger partial charge is 0.348 e. The van der Waals surface area contributed by atoms with Gasteiger partial charge in [-0.25, -0.2) is 9.37 Å². The van der Waals surface area contributed by atoms with Gasteiger partial charge >= 0.3 is 0 Å². The third-order valence-corrected chi connectivity index (χ3v) is 4.20. The Bertz CT molecular complexity index is 656. The zero-order valence-corrected chi connectivity index (χ0v) is 12.2. The maximum Gasteiger partial charge on any atom is 0.227 e. The molecule has 0 spiro atoms. The van der Waals surface area contributed by atoms with Crippen molar-refractivity contribution in [3.05, 3.63) is 46.2 Å². The molecule has 1 amide bonds. The molecule has 0 saturated heterocycles. The third kappa shape index (κ3) is 2.60. The average molecular weight is 338 g/mol. The molecule has 3 rings (SSSR count). The van der Waals surface area contributed by atoms with E-state index in [0.717, 1.165) is 24.2 Å². The summed E-state index contributed by atoms with van der Waals surface area (Å²) in [6, 6.07) is 4.22. The molecule has 0 aliphatic heterocycles. The molecule has 0 saturated carbocycles. The van der Waals surface area contributed by atoms with Crippen LogP contribution in [0.2, 0.25) is 0 Å². The zero-order chi connectivity index (χ0) is 14.1. The predicted octanol–water partition coefficient (Wildman–Crippen LogP) is 3.05. The Labute approximate surface area is 123 Å². The molecule has 104 valence electrons. The number of nitrogens with zero attached hydrogens (tertiary/aromatic N) is 1. The number of carbonyl (C=O) groups is 1. The Morgan fingerprint density at radius 1 is 1.50 bits per heavy atom. The SMILES string of the molecule is O=C(Nc1ccc(F)cc1Br)C1CCc2nc[nH]c2C1. The number of rotatable bonds is 2. The molecule has 0 radical (unpaired) electrons. The fraction of sp³-hybridized carbons (Fsp3) is 0.286. The number of carbonyl (C=O) groups excluding carboxylic acids is 1. The number of benzene rings is 1. The summed E-state index contributed by atoms with van der Waals surface area (Å²) < 4.78 is 13.6. The first-order valence-corrected chi connectivity index (χ1v) is 7.20. The standard InChI is InChI=1S/C14H13BrFN3O/c15-10-6-9(16)2-4-11(10)19-14(20)8-1-3-12-13(5-8)18-7-17-12/h2,4,6-8H,1,3,5H2,(H,17,18)(H,19,20). The van der Waals surface area contributed by atoms with Crippen LogP contribution in [0.15, 0.2) is 29.0 Å². The minimum Gasteiger partial charge on any atom is -0.348 e. The average Bonchev–Trinajstić information content (AvgIpc) is 2.89. The maximum atomic E-state index is 13.0. The summed E-state index contributed by atoms with van der Waals surface area (Å²) in [7, 11) is 0. The van der Waals surface area contributed by atoms with Gasteiger partial charge in [-0.05, 0) is 47.0 Å². The highest BCUT2D eigenvalue weighted by molar-refractivity contribution is 9.10. The van der Waals surface area contributed by atoms with Crippen LogP contribution in [-0.4, -0.2) is 15.9 Å². The van der Waals surface area contributed by atoms with Crippen LogP contribution >= 0.6 is 15.9 Å². The summed E-state index contributed by atoms with van der Waals surface area (Å²) >= 11 is 3.25. The molecule has 1 atom stereocenters. The van der Waals surface area contributed by atoms with Crippen molar-refractivity contribution in [2.75, 3.05) is 5.32 Å². The minimum atomic E-state index is -0.338. The van der Waals surface area contributed by atoms with E-state index in [1.165, 1.54) is 12.1 Å². The smallest absolute Gasteiger partial charge is 0.227 e. The number of amides is 1. The molecule has 0 fully saturated rings. The Kier molecular flexibility index (Phi) is 3.56. The highest BCUT2D eigenvalue weighted by Gasteiger charge is 2.26. The van der Waals surface area contributed by atoms with E-state index < -0.39 is 0 Å². The van der Waals surface area contributed by atoms with E-state index in [9.17, 15) is 9.18 Å². The van der Waals surface area contributed by atoms with Crippen LogP contribution < -0.4 is 5.32 Å². The number of aryl methyl sites for hydroxylation is 1. The predicted molar refractivity (Wildman–Crippen MR) is 76.8 cm³/mol. The van der Waals surface area contributed by atoms with Crippen LogP contribution in [0.25, 0.3) is 0 Å². The minimum absolute atomic E-state index is 0.0439. The van der Waals surface area contributed by atoms with Crippen molar-refractivity contribution in [2.45, 2.75) is 19.3 Å². The van der Waals surface area contributed by atoms with E-state index in [4.69, 9.17) is 0 Å². The van der Waals surface area contributed by atoms with Crippen LogP contribution in [0.5, 0.6) is 0 Å². The van der Waals surface area contributed by atoms with Crippen molar-refractivity contribution in [3.8, 4) is 0 Å². The number of fused-ring (bicyclic) bond motifs is 1. The van der Waals surface area contributed by atoms with Crippen molar-refractivity contribution in [1.82, 2.24) is 9.97 Å². The highest BCUT2D eigenvalue weighted by Crippen LogP contribution is 2.27. The van der Waals surface area contributed by atoms with Gasteiger partial charge in [0.1, 0.15) is 5.82 Å². The van der Waals surface area contributed by atoms with E-state index in [1.54, 1.807) is 12.4 Å². The Balaban J connectivity index is 1.71. The second-order valence-corrected chi connectivity index (χ2v) is 5.74. The van der Waals surface area contributed by atoms with E-state index in [-0.39, 0.29) is 17.6 Å². The first-order chi connectivity index (χ1) is 9.63. The molecule has 20 heavy (non-hydrogen) atoms. The number of imidazole rings is 1. The van der Waals surface area contributed by atoms with Gasteiger partial charge in [0.2, 0.25) is 5.91 Å². The monoisotopic (exact) mass is 337 g/mol. The van der Waals surface area contributed by atoms with E-state index in [1.807, 2.05) is 0 Å². The molecule has 1 aromatic carbocycles. The summed E-state index contributed by atoms with van der Waals surface area (Å²) in [5, 5.41) is 2.84. The summed E-state index contributed by atoms with van der Waals surface area (Å²) in [5.74, 6) is -0.466. The number of H-pyrrole nitrogens is 1. The highest BCUT2D eigenvalue weighted by atomic mass is 79.9. The first-order valence-electron chi connectivity index (χ1n) is 6.40. The van der Waals surface area contributed by atoms with Gasteiger partial charge in [0.05, 0.1) is 17.7 Å². The number of aromatic nitrogens is 2. The summed E-state index contributed by atoms with van der Waals surface area (Å²) in [4.78, 5) is 19.6. The van der Waals surface area contributed by atoms with Crippen LogP contribution in [0.3, 0.4) is 0 Å². The number of anilines is 1. The van der Waals surface area contributed by atoms with Crippen molar-refractivity contribution >= 4 is 27.5 Å². The lowest BCUT2D eigenvalue weighted by Gasteiger charge is -2.21. The quantitative estimate of drug-likeness (QED) is 0.884. The van der Waals surface area contributed by atoms with E-state index >= 15 is 0 Å². The number of nitrogens with one attached hydrogen (secondary N) is 2. The van der Waals surface area contributed by atoms with Gasteiger partial charge in [-0.3, -0.25) is 4.79 Å². The lowest BCUT2D eigenvalue weighted by Crippen LogP contribution is -2.28. The molecule has 1 unspecified atom stereocenters. The molecular formula is C14H13BrFN3O. The third-order valence-electron chi connectivity index (χ3n) is 3.55. The topological polar surface area (TPSA) is 57.8 Å². The van der Waals surface area contributed by atoms with Gasteiger partial charge in [0, 0.05) is 22.5 Å². The van der Waals surface area contributed by atoms with Crippen molar-refractivity contribution in [3.63, 3.8) is 0 Å². The molecule has 2 N–H and O–H groups in total. The second kappa shape index (κ2) is 5.36. The number of halogens is 2. The molecule has 6 heteroatoms. The van der Waals surface area contributed by atoms with Gasteiger partial charge in [-0.1, -0.05) is 0 Å². The van der Waals surface area contributed by atoms with Gasteiger partial charge in [-0.15, -0.1) is 0 Å². The fourth-order valence-corrected chi connectivity index (χ4v) is 2.90. The zero-order valence-electron chi connectivity index (χ0n) is 10.6. The summed E-state index contributed by atoms with van der Waals surface area (Å²) in [6.45, 7) is 0. The Morgan fingerprint density at radius 3 is 3.15 bits per heavy atom. The summed E-state index contributed by atoms with van der Waals surface area (Å²) in [6.07, 6.45) is 3.92. The lowest BCUT2D eigenvalue weighted by molar-refractivity contribution is -0.120. The molecule has 4 nitrogen and oxygen atoms in total. The van der Waals surface area contributed by atoms with E-state index in [0.29, 0.717) is 16.6 Å². The number of aromatic amines is 1. The van der Waals surface area contributed by atoms with Gasteiger partial charge in [0.25, 0.3) is 0 Å². The van der Waals surface area contributed by atoms with Crippen LogP contribution in [-0.2, 0) is 17.6 Å². The summed E-state index contributed by atoms with van der Waals surface area (Å²) in [5.41, 5.74) is 2.68. The lowest BCUT2D eigenvalue weighted by atomic mass is 9.89. The number of hydrogen-bond donors (Lipinski definition) is 2. The maximum absolute atomic E-state index is 13.0. The molecule has 2 aromatic rings. The second-order valence-electron chi connectivity index (χ2n) is 4.88. The molecule has 1 aromatic heterocycles. The van der Waals surface area contributed by atoms with Crippen molar-refractivity contribution in [2.24, 2.45) is 5.92 Å². The van der Waals surface area contributed by atoms with Crippen molar-refractivity contribution < 1.29 is 9.18 Å². The van der Waals surface area contributed by atoms with Gasteiger partial charge < -0.3 is 10.3 Å². The van der Waals surface area contributed by atoms with Gasteiger partial charge in [-0.2, -0.15) is 0 Å². The molecular weight excluding hydrogens is 325 g/mol.